The summed E-state index contributed by atoms with van der Waals surface area (Å²) in [6.45, 7) is 2.00. The van der Waals surface area contributed by atoms with E-state index in [2.05, 4.69) is 4.98 Å². The third-order valence-electron chi connectivity index (χ3n) is 5.26. The molecule has 0 saturated carbocycles. The van der Waals surface area contributed by atoms with Crippen molar-refractivity contribution in [1.82, 2.24) is 9.29 Å². The molecule has 1 aliphatic rings. The largest absolute Gasteiger partial charge is 0.481 e. The number of carboxylic acids is 1. The van der Waals surface area contributed by atoms with Crippen molar-refractivity contribution in [3.05, 3.63) is 69.7 Å². The van der Waals surface area contributed by atoms with Gasteiger partial charge in [-0.25, -0.2) is 13.4 Å². The van der Waals surface area contributed by atoms with Gasteiger partial charge in [-0.2, -0.15) is 17.5 Å². The second-order valence-electron chi connectivity index (χ2n) is 7.78. The number of halogens is 3. The number of benzene rings is 2. The first kappa shape index (κ1) is 23.4. The number of carbonyl (C=O) groups is 1. The molecule has 0 bridgehead atoms. The molecule has 0 saturated heterocycles. The smallest absolute Gasteiger partial charge is 0.416 e. The molecule has 0 unspecified atom stereocenters. The predicted octanol–water partition coefficient (Wildman–Crippen LogP) is 4.51. The summed E-state index contributed by atoms with van der Waals surface area (Å²) in [6.07, 6.45) is -4.32. The maximum absolute atomic E-state index is 13.3. The molecule has 1 aliphatic heterocycles. The normalized spacial score (nSPS) is 14.8. The first-order valence-electron chi connectivity index (χ1n) is 9.92. The van der Waals surface area contributed by atoms with Crippen LogP contribution in [0.5, 0.6) is 0 Å². The molecule has 3 aromatic rings. The number of sulfonamides is 1. The van der Waals surface area contributed by atoms with Crippen LogP contribution in [0, 0.1) is 6.92 Å². The Labute approximate surface area is 192 Å². The minimum Gasteiger partial charge on any atom is -0.481 e. The van der Waals surface area contributed by atoms with E-state index >= 15 is 0 Å². The zero-order chi connectivity index (χ0) is 24.0. The van der Waals surface area contributed by atoms with Gasteiger partial charge in [0.05, 0.1) is 29.1 Å². The lowest BCUT2D eigenvalue weighted by Gasteiger charge is -2.25. The van der Waals surface area contributed by atoms with Crippen LogP contribution in [0.1, 0.15) is 27.3 Å². The van der Waals surface area contributed by atoms with Crippen LogP contribution in [0.15, 0.2) is 47.4 Å². The Morgan fingerprint density at radius 1 is 1.18 bits per heavy atom. The number of hydrogen-bond donors (Lipinski definition) is 1. The lowest BCUT2D eigenvalue weighted by Crippen LogP contribution is -2.35. The van der Waals surface area contributed by atoms with Gasteiger partial charge in [0, 0.05) is 23.4 Å². The number of thiazole rings is 1. The molecule has 4 rings (SSSR count). The van der Waals surface area contributed by atoms with Crippen molar-refractivity contribution in [2.45, 2.75) is 37.4 Å². The van der Waals surface area contributed by atoms with Crippen molar-refractivity contribution in [2.75, 3.05) is 6.54 Å². The number of aryl methyl sites for hydroxylation is 1. The van der Waals surface area contributed by atoms with Crippen LogP contribution in [0.2, 0.25) is 0 Å². The van der Waals surface area contributed by atoms with Crippen LogP contribution in [0.3, 0.4) is 0 Å². The SMILES string of the molecule is Cc1cc(CC(=O)O)cc(S(=O)(=O)N2CCc3nc(-c4ccc(C(F)(F)F)cc4)sc3C2)c1. The molecule has 2 aromatic carbocycles. The van der Waals surface area contributed by atoms with Crippen molar-refractivity contribution in [1.29, 1.82) is 0 Å². The lowest BCUT2D eigenvalue weighted by molar-refractivity contribution is -0.138. The summed E-state index contributed by atoms with van der Waals surface area (Å²) in [5.74, 6) is -1.05. The zero-order valence-corrected chi connectivity index (χ0v) is 19.0. The van der Waals surface area contributed by atoms with Gasteiger partial charge in [0.1, 0.15) is 5.01 Å². The molecular formula is C22H19F3N2O4S2. The number of aromatic nitrogens is 1. The van der Waals surface area contributed by atoms with E-state index < -0.39 is 27.7 Å². The number of alkyl halides is 3. The fourth-order valence-electron chi connectivity index (χ4n) is 3.70. The van der Waals surface area contributed by atoms with Crippen LogP contribution in [0.4, 0.5) is 13.2 Å². The fraction of sp³-hybridized carbons (Fsp3) is 0.273. The minimum absolute atomic E-state index is 0.0367. The predicted molar refractivity (Wildman–Crippen MR) is 116 cm³/mol. The van der Waals surface area contributed by atoms with Crippen LogP contribution >= 0.6 is 11.3 Å². The van der Waals surface area contributed by atoms with Gasteiger partial charge in [-0.05, 0) is 42.3 Å². The third kappa shape index (κ3) is 4.94. The number of nitrogens with zero attached hydrogens (tertiary/aromatic N) is 2. The van der Waals surface area contributed by atoms with E-state index in [1.54, 1.807) is 13.0 Å². The number of hydrogen-bond acceptors (Lipinski definition) is 5. The van der Waals surface area contributed by atoms with Crippen molar-refractivity contribution in [2.24, 2.45) is 0 Å². The van der Waals surface area contributed by atoms with Gasteiger partial charge in [0.25, 0.3) is 0 Å². The molecule has 2 heterocycles. The Morgan fingerprint density at radius 2 is 1.88 bits per heavy atom. The molecule has 0 spiro atoms. The molecule has 0 aliphatic carbocycles. The third-order valence-corrected chi connectivity index (χ3v) is 8.21. The number of aliphatic carboxylic acids is 1. The van der Waals surface area contributed by atoms with Crippen molar-refractivity contribution in [3.8, 4) is 10.6 Å². The average molecular weight is 497 g/mol. The Hall–Kier alpha value is -2.76. The Morgan fingerprint density at radius 3 is 2.52 bits per heavy atom. The minimum atomic E-state index is -4.42. The molecule has 33 heavy (non-hydrogen) atoms. The van der Waals surface area contributed by atoms with E-state index in [1.807, 2.05) is 0 Å². The highest BCUT2D eigenvalue weighted by molar-refractivity contribution is 7.89. The summed E-state index contributed by atoms with van der Waals surface area (Å²) in [5.41, 5.74) is 1.57. The zero-order valence-electron chi connectivity index (χ0n) is 17.4. The Kier molecular flexibility index (Phi) is 6.06. The maximum Gasteiger partial charge on any atom is 0.416 e. The highest BCUT2D eigenvalue weighted by atomic mass is 32.2. The van der Waals surface area contributed by atoms with Crippen LogP contribution in [-0.4, -0.2) is 35.3 Å². The van der Waals surface area contributed by atoms with E-state index in [-0.39, 0.29) is 24.4 Å². The van der Waals surface area contributed by atoms with Gasteiger partial charge in [-0.3, -0.25) is 4.79 Å². The molecule has 1 aromatic heterocycles. The monoisotopic (exact) mass is 496 g/mol. The summed E-state index contributed by atoms with van der Waals surface area (Å²) < 4.78 is 66.3. The molecule has 6 nitrogen and oxygen atoms in total. The van der Waals surface area contributed by atoms with Gasteiger partial charge in [-0.15, -0.1) is 11.3 Å². The van der Waals surface area contributed by atoms with Gasteiger partial charge in [0.2, 0.25) is 10.0 Å². The number of carboxylic acid groups (broad SMARTS) is 1. The Bertz CT molecular complexity index is 1320. The first-order valence-corrected chi connectivity index (χ1v) is 12.2. The van der Waals surface area contributed by atoms with Crippen LogP contribution in [0.25, 0.3) is 10.6 Å². The number of rotatable bonds is 5. The fourth-order valence-corrected chi connectivity index (χ4v) is 6.48. The second kappa shape index (κ2) is 8.54. The summed E-state index contributed by atoms with van der Waals surface area (Å²) in [7, 11) is -3.87. The van der Waals surface area contributed by atoms with E-state index in [4.69, 9.17) is 5.11 Å². The maximum atomic E-state index is 13.3. The average Bonchev–Trinajstić information content (AvgIpc) is 3.15. The first-order chi connectivity index (χ1) is 15.4. The van der Waals surface area contributed by atoms with Gasteiger partial charge in [-0.1, -0.05) is 18.2 Å². The summed E-state index contributed by atoms with van der Waals surface area (Å²) in [6, 6.07) is 9.25. The van der Waals surface area contributed by atoms with Crippen LogP contribution < -0.4 is 0 Å². The summed E-state index contributed by atoms with van der Waals surface area (Å²) in [5, 5.41) is 9.57. The highest BCUT2D eigenvalue weighted by Crippen LogP contribution is 2.35. The summed E-state index contributed by atoms with van der Waals surface area (Å²) >= 11 is 1.26. The highest BCUT2D eigenvalue weighted by Gasteiger charge is 2.32. The quantitative estimate of drug-likeness (QED) is 0.562. The standard InChI is InChI=1S/C22H19F3N2O4S2/c1-13-8-14(11-20(28)29)10-17(9-13)33(30,31)27-7-6-18-19(12-27)32-21(26-18)15-2-4-16(5-3-15)22(23,24)25/h2-5,8-10H,6-7,11-12H2,1H3,(H,28,29). The number of fused-ring (bicyclic) bond motifs is 1. The molecule has 0 amide bonds. The molecule has 1 N–H and O–H groups in total. The van der Waals surface area contributed by atoms with E-state index in [1.165, 1.54) is 39.9 Å². The lowest BCUT2D eigenvalue weighted by atomic mass is 10.1. The van der Waals surface area contributed by atoms with Crippen molar-refractivity contribution in [3.63, 3.8) is 0 Å². The molecule has 174 valence electrons. The molecule has 11 heteroatoms. The molecule has 0 fully saturated rings. The molecule has 0 radical (unpaired) electrons. The van der Waals surface area contributed by atoms with Crippen LogP contribution in [-0.2, 0) is 40.4 Å². The summed E-state index contributed by atoms with van der Waals surface area (Å²) in [4.78, 5) is 16.3. The van der Waals surface area contributed by atoms with Gasteiger partial charge >= 0.3 is 12.1 Å². The van der Waals surface area contributed by atoms with Gasteiger partial charge in [0.15, 0.2) is 0 Å². The second-order valence-corrected chi connectivity index (χ2v) is 10.8. The van der Waals surface area contributed by atoms with Crippen molar-refractivity contribution >= 4 is 27.3 Å². The van der Waals surface area contributed by atoms with Gasteiger partial charge < -0.3 is 5.11 Å². The topological polar surface area (TPSA) is 87.6 Å². The molecule has 0 atom stereocenters. The molecular weight excluding hydrogens is 477 g/mol. The van der Waals surface area contributed by atoms with E-state index in [0.29, 0.717) is 28.1 Å². The van der Waals surface area contributed by atoms with E-state index in [0.717, 1.165) is 22.7 Å². The van der Waals surface area contributed by atoms with Crippen molar-refractivity contribution < 1.29 is 31.5 Å². The van der Waals surface area contributed by atoms with E-state index in [9.17, 15) is 26.4 Å². The Balaban J connectivity index is 1.59.